The summed E-state index contributed by atoms with van der Waals surface area (Å²) in [6, 6.07) is 0. The summed E-state index contributed by atoms with van der Waals surface area (Å²) in [6.45, 7) is 7.64. The van der Waals surface area contributed by atoms with Crippen molar-refractivity contribution in [3.63, 3.8) is 0 Å². The maximum absolute atomic E-state index is 12.5. The highest BCUT2D eigenvalue weighted by Crippen LogP contribution is 2.30. The number of aryl methyl sites for hydroxylation is 1. The molecule has 0 saturated heterocycles. The highest BCUT2D eigenvalue weighted by atomic mass is 35.5. The van der Waals surface area contributed by atoms with E-state index in [1.807, 2.05) is 33.1 Å². The molecule has 0 spiro atoms. The average molecular weight is 304 g/mol. The standard InChI is InChI=1S/C13H18ClNO3S/c1-8-7-19-11(10(8)14)12(18)15(13(2,3)4)6-5-9(16)17/h7H,5-6H2,1-4H3,(H,16,17). The molecule has 0 saturated carbocycles. The van der Waals surface area contributed by atoms with Crippen molar-refractivity contribution in [2.45, 2.75) is 39.7 Å². The van der Waals surface area contributed by atoms with Crippen LogP contribution in [0.15, 0.2) is 5.38 Å². The molecule has 1 amide bonds. The highest BCUT2D eigenvalue weighted by Gasteiger charge is 2.30. The molecule has 0 aromatic carbocycles. The Labute approximate surface area is 122 Å². The summed E-state index contributed by atoms with van der Waals surface area (Å²) < 4.78 is 0. The van der Waals surface area contributed by atoms with Crippen LogP contribution in [0.25, 0.3) is 0 Å². The van der Waals surface area contributed by atoms with E-state index in [4.69, 9.17) is 16.7 Å². The van der Waals surface area contributed by atoms with Crippen LogP contribution in [-0.4, -0.2) is 34.0 Å². The molecule has 6 heteroatoms. The molecule has 19 heavy (non-hydrogen) atoms. The first kappa shape index (κ1) is 16.0. The molecule has 0 aliphatic rings. The maximum Gasteiger partial charge on any atom is 0.305 e. The van der Waals surface area contributed by atoms with Gasteiger partial charge >= 0.3 is 5.97 Å². The van der Waals surface area contributed by atoms with Gasteiger partial charge in [0, 0.05) is 12.1 Å². The Morgan fingerprint density at radius 1 is 1.42 bits per heavy atom. The van der Waals surface area contributed by atoms with E-state index in [1.165, 1.54) is 11.3 Å². The molecule has 1 aromatic heterocycles. The third kappa shape index (κ3) is 3.94. The highest BCUT2D eigenvalue weighted by molar-refractivity contribution is 7.13. The van der Waals surface area contributed by atoms with E-state index in [0.29, 0.717) is 9.90 Å². The van der Waals surface area contributed by atoms with Gasteiger partial charge < -0.3 is 10.0 Å². The van der Waals surface area contributed by atoms with Gasteiger partial charge in [0.15, 0.2) is 0 Å². The third-order valence-corrected chi connectivity index (χ3v) is 4.38. The molecule has 0 bridgehead atoms. The predicted octanol–water partition coefficient (Wildman–Crippen LogP) is 3.43. The summed E-state index contributed by atoms with van der Waals surface area (Å²) in [7, 11) is 0. The first-order valence-electron chi connectivity index (χ1n) is 5.92. The molecule has 106 valence electrons. The van der Waals surface area contributed by atoms with Gasteiger partial charge in [-0.1, -0.05) is 11.6 Å². The van der Waals surface area contributed by atoms with Gasteiger partial charge in [0.25, 0.3) is 5.91 Å². The number of amides is 1. The molecule has 1 rings (SSSR count). The van der Waals surface area contributed by atoms with Crippen LogP contribution in [0.4, 0.5) is 0 Å². The van der Waals surface area contributed by atoms with Crippen molar-refractivity contribution < 1.29 is 14.7 Å². The van der Waals surface area contributed by atoms with Crippen LogP contribution in [0.2, 0.25) is 5.02 Å². The van der Waals surface area contributed by atoms with E-state index in [0.717, 1.165) is 5.56 Å². The van der Waals surface area contributed by atoms with E-state index < -0.39 is 11.5 Å². The molecule has 4 nitrogen and oxygen atoms in total. The quantitative estimate of drug-likeness (QED) is 0.927. The number of rotatable bonds is 4. The molecular weight excluding hydrogens is 286 g/mol. The minimum absolute atomic E-state index is 0.0784. The molecule has 1 heterocycles. The topological polar surface area (TPSA) is 57.6 Å². The lowest BCUT2D eigenvalue weighted by Crippen LogP contribution is -2.46. The largest absolute Gasteiger partial charge is 0.481 e. The van der Waals surface area contributed by atoms with Crippen molar-refractivity contribution in [3.05, 3.63) is 20.8 Å². The Hall–Kier alpha value is -1.07. The van der Waals surface area contributed by atoms with Crippen molar-refractivity contribution in [2.24, 2.45) is 0 Å². The van der Waals surface area contributed by atoms with Crippen molar-refractivity contribution in [1.29, 1.82) is 0 Å². The van der Waals surface area contributed by atoms with Crippen molar-refractivity contribution in [2.75, 3.05) is 6.54 Å². The Balaban J connectivity index is 3.01. The molecule has 0 aliphatic carbocycles. The summed E-state index contributed by atoms with van der Waals surface area (Å²) in [5.41, 5.74) is 0.412. The Bertz CT molecular complexity index is 491. The summed E-state index contributed by atoms with van der Waals surface area (Å²) >= 11 is 7.40. The molecule has 0 fully saturated rings. The SMILES string of the molecule is Cc1csc(C(=O)N(CCC(=O)O)C(C)(C)C)c1Cl. The Kier molecular flexibility index (Phi) is 4.98. The van der Waals surface area contributed by atoms with Crippen molar-refractivity contribution in [3.8, 4) is 0 Å². The second kappa shape index (κ2) is 5.92. The third-order valence-electron chi connectivity index (χ3n) is 2.70. The van der Waals surface area contributed by atoms with Gasteiger partial charge in [-0.05, 0) is 38.6 Å². The van der Waals surface area contributed by atoms with Crippen LogP contribution in [0.1, 0.15) is 42.4 Å². The molecule has 0 unspecified atom stereocenters. The van der Waals surface area contributed by atoms with E-state index >= 15 is 0 Å². The molecular formula is C13H18ClNO3S. The lowest BCUT2D eigenvalue weighted by Gasteiger charge is -2.35. The minimum Gasteiger partial charge on any atom is -0.481 e. The normalized spacial score (nSPS) is 11.4. The lowest BCUT2D eigenvalue weighted by atomic mass is 10.0. The van der Waals surface area contributed by atoms with E-state index in [2.05, 4.69) is 0 Å². The number of halogens is 1. The van der Waals surface area contributed by atoms with Crippen molar-refractivity contribution in [1.82, 2.24) is 4.90 Å². The molecule has 0 aliphatic heterocycles. The second-order valence-corrected chi connectivity index (χ2v) is 6.59. The van der Waals surface area contributed by atoms with Gasteiger partial charge in [-0.15, -0.1) is 11.3 Å². The van der Waals surface area contributed by atoms with Gasteiger partial charge in [-0.2, -0.15) is 0 Å². The zero-order valence-electron chi connectivity index (χ0n) is 11.5. The zero-order chi connectivity index (χ0) is 14.8. The first-order valence-corrected chi connectivity index (χ1v) is 7.17. The number of nitrogens with zero attached hydrogens (tertiary/aromatic N) is 1. The Morgan fingerprint density at radius 2 is 2.00 bits per heavy atom. The van der Waals surface area contributed by atoms with Crippen LogP contribution in [-0.2, 0) is 4.79 Å². The van der Waals surface area contributed by atoms with Crippen LogP contribution in [0.3, 0.4) is 0 Å². The fourth-order valence-corrected chi connectivity index (χ4v) is 2.87. The van der Waals surface area contributed by atoms with Crippen LogP contribution < -0.4 is 0 Å². The molecule has 0 atom stereocenters. The smallest absolute Gasteiger partial charge is 0.305 e. The average Bonchev–Trinajstić information content (AvgIpc) is 2.57. The van der Waals surface area contributed by atoms with Gasteiger partial charge in [0.2, 0.25) is 0 Å². The van der Waals surface area contributed by atoms with Crippen molar-refractivity contribution >= 4 is 34.8 Å². The first-order chi connectivity index (χ1) is 8.64. The maximum atomic E-state index is 12.5. The van der Waals surface area contributed by atoms with Gasteiger partial charge in [-0.25, -0.2) is 0 Å². The Morgan fingerprint density at radius 3 is 2.37 bits per heavy atom. The number of carbonyl (C=O) groups excluding carboxylic acids is 1. The summed E-state index contributed by atoms with van der Waals surface area (Å²) in [6.07, 6.45) is -0.0784. The number of carboxylic acid groups (broad SMARTS) is 1. The minimum atomic E-state index is -0.921. The summed E-state index contributed by atoms with van der Waals surface area (Å²) in [5, 5.41) is 11.1. The summed E-state index contributed by atoms with van der Waals surface area (Å²) in [5.74, 6) is -1.13. The zero-order valence-corrected chi connectivity index (χ0v) is 13.1. The predicted molar refractivity (Wildman–Crippen MR) is 77.1 cm³/mol. The van der Waals surface area contributed by atoms with Gasteiger partial charge in [0.05, 0.1) is 11.4 Å². The van der Waals surface area contributed by atoms with E-state index in [-0.39, 0.29) is 18.9 Å². The summed E-state index contributed by atoms with van der Waals surface area (Å²) in [4.78, 5) is 25.2. The molecule has 1 N–H and O–H groups in total. The fourth-order valence-electron chi connectivity index (χ4n) is 1.65. The second-order valence-electron chi connectivity index (χ2n) is 5.33. The van der Waals surface area contributed by atoms with Crippen LogP contribution in [0.5, 0.6) is 0 Å². The number of aliphatic carboxylic acids is 1. The number of thiophene rings is 1. The monoisotopic (exact) mass is 303 g/mol. The van der Waals surface area contributed by atoms with Crippen LogP contribution in [0, 0.1) is 6.92 Å². The number of carboxylic acids is 1. The van der Waals surface area contributed by atoms with E-state index in [1.54, 1.807) is 4.90 Å². The van der Waals surface area contributed by atoms with Gasteiger partial charge in [0.1, 0.15) is 4.88 Å². The van der Waals surface area contributed by atoms with Crippen LogP contribution >= 0.6 is 22.9 Å². The fraction of sp³-hybridized carbons (Fsp3) is 0.538. The van der Waals surface area contributed by atoms with E-state index in [9.17, 15) is 9.59 Å². The number of hydrogen-bond donors (Lipinski definition) is 1. The molecule has 1 aromatic rings. The number of hydrogen-bond acceptors (Lipinski definition) is 3. The lowest BCUT2D eigenvalue weighted by molar-refractivity contribution is -0.137. The van der Waals surface area contributed by atoms with Gasteiger partial charge in [-0.3, -0.25) is 9.59 Å². The molecule has 0 radical (unpaired) electrons. The number of carbonyl (C=O) groups is 2.